The van der Waals surface area contributed by atoms with Gasteiger partial charge in [-0.05, 0) is 50.1 Å². The number of hydrogen-bond acceptors (Lipinski definition) is 3. The third-order valence-corrected chi connectivity index (χ3v) is 6.49. The van der Waals surface area contributed by atoms with Crippen molar-refractivity contribution in [2.45, 2.75) is 40.0 Å². The van der Waals surface area contributed by atoms with Crippen LogP contribution in [0.15, 0.2) is 72.8 Å². The molecule has 3 aromatic carbocycles. The summed E-state index contributed by atoms with van der Waals surface area (Å²) < 4.78 is 7.46. The van der Waals surface area contributed by atoms with Crippen molar-refractivity contribution in [1.29, 1.82) is 0 Å². The Bertz CT molecular complexity index is 1430. The average molecular weight is 502 g/mol. The van der Waals surface area contributed by atoms with E-state index in [9.17, 15) is 9.59 Å². The van der Waals surface area contributed by atoms with Crippen LogP contribution in [-0.2, 0) is 22.7 Å². The highest BCUT2D eigenvalue weighted by molar-refractivity contribution is 6.31. The number of ether oxygens (including phenoxy) is 1. The van der Waals surface area contributed by atoms with Crippen molar-refractivity contribution < 1.29 is 19.4 Å². The lowest BCUT2D eigenvalue weighted by atomic mass is 10.00. The molecule has 1 aromatic heterocycles. The van der Waals surface area contributed by atoms with Gasteiger partial charge < -0.3 is 14.4 Å². The van der Waals surface area contributed by atoms with E-state index in [1.54, 1.807) is 0 Å². The molecule has 6 heteroatoms. The van der Waals surface area contributed by atoms with Gasteiger partial charge in [-0.3, -0.25) is 4.79 Å². The summed E-state index contributed by atoms with van der Waals surface area (Å²) in [5, 5.41) is 10.4. The van der Waals surface area contributed by atoms with Crippen LogP contribution in [0.25, 0.3) is 17.0 Å². The number of carbonyl (C=O) groups is 2. The molecule has 0 amide bonds. The highest BCUT2D eigenvalue weighted by atomic mass is 35.5. The van der Waals surface area contributed by atoms with Crippen molar-refractivity contribution in [3.05, 3.63) is 111 Å². The minimum Gasteiger partial charge on any atom is -0.479 e. The molecule has 0 aliphatic carbocycles. The summed E-state index contributed by atoms with van der Waals surface area (Å²) >= 11 is 6.30. The van der Waals surface area contributed by atoms with E-state index < -0.39 is 12.1 Å². The third kappa shape index (κ3) is 5.59. The molecule has 0 saturated heterocycles. The van der Waals surface area contributed by atoms with Crippen LogP contribution in [0, 0.1) is 13.8 Å². The Morgan fingerprint density at radius 2 is 1.72 bits per heavy atom. The Balaban J connectivity index is 1.56. The largest absolute Gasteiger partial charge is 0.479 e. The number of carboxylic acids is 1. The summed E-state index contributed by atoms with van der Waals surface area (Å²) in [4.78, 5) is 24.4. The summed E-state index contributed by atoms with van der Waals surface area (Å²) in [5.74, 6) is -0.995. The van der Waals surface area contributed by atoms with Gasteiger partial charge in [0.25, 0.3) is 0 Å². The van der Waals surface area contributed by atoms with Crippen LogP contribution >= 0.6 is 11.6 Å². The Morgan fingerprint density at radius 1 is 1.03 bits per heavy atom. The molecule has 0 fully saturated rings. The number of rotatable bonds is 9. The van der Waals surface area contributed by atoms with E-state index in [-0.39, 0.29) is 12.4 Å². The van der Waals surface area contributed by atoms with Gasteiger partial charge in [0, 0.05) is 33.7 Å². The number of halogens is 1. The maximum atomic E-state index is 13.5. The average Bonchev–Trinajstić information content (AvgIpc) is 3.13. The van der Waals surface area contributed by atoms with Crippen LogP contribution in [0.4, 0.5) is 0 Å². The van der Waals surface area contributed by atoms with E-state index in [2.05, 4.69) is 10.6 Å². The first-order valence-electron chi connectivity index (χ1n) is 11.7. The predicted molar refractivity (Wildman–Crippen MR) is 144 cm³/mol. The number of carbonyl (C=O) groups excluding carboxylic acids is 1. The van der Waals surface area contributed by atoms with Crippen LogP contribution in [0.5, 0.6) is 0 Å². The molecule has 0 saturated carbocycles. The van der Waals surface area contributed by atoms with Gasteiger partial charge in [-0.15, -0.1) is 0 Å². The first-order valence-corrected chi connectivity index (χ1v) is 12.1. The molecule has 1 N–H and O–H groups in total. The SMILES string of the molecule is Cc1ccc(C(=O)c2c(C)n(CC=Cc3ccc(CO[C@H](C)C(=O)O)cc3)c3ccc(Cl)cc23)cc1. The number of benzene rings is 3. The molecule has 0 bridgehead atoms. The standard InChI is InChI=1S/C30H28ClNO4/c1-19-6-12-24(13-7-19)29(33)28-20(2)32(27-15-14-25(31)17-26(27)28)16-4-5-22-8-10-23(11-9-22)18-36-21(3)30(34)35/h4-15,17,21H,16,18H2,1-3H3,(H,34,35)/t21-/m1/s1. The molecular weight excluding hydrogens is 474 g/mol. The van der Waals surface area contributed by atoms with Crippen molar-refractivity contribution >= 4 is 40.3 Å². The summed E-state index contributed by atoms with van der Waals surface area (Å²) in [6.45, 7) is 6.31. The number of allylic oxidation sites excluding steroid dienone is 1. The van der Waals surface area contributed by atoms with E-state index in [1.807, 2.05) is 86.7 Å². The molecule has 0 unspecified atom stereocenters. The van der Waals surface area contributed by atoms with Crippen molar-refractivity contribution in [3.63, 3.8) is 0 Å². The number of ketones is 1. The maximum absolute atomic E-state index is 13.5. The fraction of sp³-hybridized carbons (Fsp3) is 0.200. The van der Waals surface area contributed by atoms with Crippen LogP contribution in [0.2, 0.25) is 5.02 Å². The van der Waals surface area contributed by atoms with Gasteiger partial charge in [0.1, 0.15) is 0 Å². The van der Waals surface area contributed by atoms with E-state index in [4.69, 9.17) is 21.4 Å². The quantitative estimate of drug-likeness (QED) is 0.255. The Morgan fingerprint density at radius 3 is 2.39 bits per heavy atom. The van der Waals surface area contributed by atoms with Crippen LogP contribution < -0.4 is 0 Å². The number of nitrogens with zero attached hydrogens (tertiary/aromatic N) is 1. The normalized spacial score (nSPS) is 12.3. The van der Waals surface area contributed by atoms with Crippen molar-refractivity contribution in [2.75, 3.05) is 0 Å². The number of aromatic nitrogens is 1. The van der Waals surface area contributed by atoms with Crippen molar-refractivity contribution in [2.24, 2.45) is 0 Å². The molecule has 0 aliphatic heterocycles. The molecule has 36 heavy (non-hydrogen) atoms. The van der Waals surface area contributed by atoms with Gasteiger partial charge >= 0.3 is 5.97 Å². The van der Waals surface area contributed by atoms with Crippen LogP contribution in [-0.4, -0.2) is 27.5 Å². The van der Waals surface area contributed by atoms with Gasteiger partial charge in [-0.1, -0.05) is 77.8 Å². The van der Waals surface area contributed by atoms with Crippen molar-refractivity contribution in [3.8, 4) is 0 Å². The zero-order chi connectivity index (χ0) is 25.8. The van der Waals surface area contributed by atoms with Gasteiger partial charge in [0.2, 0.25) is 0 Å². The lowest BCUT2D eigenvalue weighted by molar-refractivity contribution is -0.149. The molecule has 184 valence electrons. The third-order valence-electron chi connectivity index (χ3n) is 6.25. The van der Waals surface area contributed by atoms with E-state index in [0.29, 0.717) is 22.7 Å². The summed E-state index contributed by atoms with van der Waals surface area (Å²) in [5.41, 5.74) is 6.19. The second-order valence-corrected chi connectivity index (χ2v) is 9.30. The zero-order valence-corrected chi connectivity index (χ0v) is 21.3. The summed E-state index contributed by atoms with van der Waals surface area (Å²) in [6, 6.07) is 21.0. The molecule has 4 aromatic rings. The molecular formula is C30H28ClNO4. The highest BCUT2D eigenvalue weighted by Gasteiger charge is 2.21. The molecule has 0 radical (unpaired) electrons. The summed E-state index contributed by atoms with van der Waals surface area (Å²) in [7, 11) is 0. The van der Waals surface area contributed by atoms with Gasteiger partial charge in [-0.25, -0.2) is 4.79 Å². The topological polar surface area (TPSA) is 68.5 Å². The highest BCUT2D eigenvalue weighted by Crippen LogP contribution is 2.30. The monoisotopic (exact) mass is 501 g/mol. The molecule has 0 aliphatic rings. The zero-order valence-electron chi connectivity index (χ0n) is 20.5. The fourth-order valence-corrected chi connectivity index (χ4v) is 4.31. The number of hydrogen-bond donors (Lipinski definition) is 1. The van der Waals surface area contributed by atoms with E-state index in [0.717, 1.165) is 33.3 Å². The lowest BCUT2D eigenvalue weighted by Crippen LogP contribution is -2.19. The number of carboxylic acid groups (broad SMARTS) is 1. The minimum absolute atomic E-state index is 0.0162. The predicted octanol–water partition coefficient (Wildman–Crippen LogP) is 6.85. The molecule has 5 nitrogen and oxygen atoms in total. The Hall–Kier alpha value is -3.67. The fourth-order valence-electron chi connectivity index (χ4n) is 4.14. The molecule has 4 rings (SSSR count). The number of aliphatic carboxylic acids is 1. The second-order valence-electron chi connectivity index (χ2n) is 8.86. The second kappa shape index (κ2) is 10.9. The molecule has 1 heterocycles. The minimum atomic E-state index is -0.978. The molecule has 1 atom stereocenters. The summed E-state index contributed by atoms with van der Waals surface area (Å²) in [6.07, 6.45) is 3.23. The maximum Gasteiger partial charge on any atom is 0.332 e. The Kier molecular flexibility index (Phi) is 7.73. The first-order chi connectivity index (χ1) is 17.2. The number of fused-ring (bicyclic) bond motifs is 1. The Labute approximate surface area is 215 Å². The molecule has 0 spiro atoms. The van der Waals surface area contributed by atoms with E-state index >= 15 is 0 Å². The smallest absolute Gasteiger partial charge is 0.332 e. The van der Waals surface area contributed by atoms with Gasteiger partial charge in [-0.2, -0.15) is 0 Å². The van der Waals surface area contributed by atoms with Gasteiger partial charge in [0.15, 0.2) is 11.9 Å². The van der Waals surface area contributed by atoms with Crippen LogP contribution in [0.1, 0.15) is 45.2 Å². The number of aryl methyl sites for hydroxylation is 1. The van der Waals surface area contributed by atoms with Crippen LogP contribution in [0.3, 0.4) is 0 Å². The van der Waals surface area contributed by atoms with Gasteiger partial charge in [0.05, 0.1) is 12.2 Å². The van der Waals surface area contributed by atoms with E-state index in [1.165, 1.54) is 6.92 Å². The lowest BCUT2D eigenvalue weighted by Gasteiger charge is -2.08. The van der Waals surface area contributed by atoms with Crippen molar-refractivity contribution in [1.82, 2.24) is 4.57 Å². The first kappa shape index (κ1) is 25.4.